The summed E-state index contributed by atoms with van der Waals surface area (Å²) in [7, 11) is 0. The molecule has 2 amide bonds. The molecule has 2 aromatic heterocycles. The van der Waals surface area contributed by atoms with E-state index in [1.165, 1.54) is 10.9 Å². The van der Waals surface area contributed by atoms with Crippen molar-refractivity contribution in [3.63, 3.8) is 0 Å². The number of carbonyl (C=O) groups is 2. The summed E-state index contributed by atoms with van der Waals surface area (Å²) in [5.41, 5.74) is 3.55. The Morgan fingerprint density at radius 1 is 1.14 bits per heavy atom. The number of nitrogens with zero attached hydrogens (tertiary/aromatic N) is 2. The summed E-state index contributed by atoms with van der Waals surface area (Å²) in [6.45, 7) is 3.86. The molecule has 3 aromatic rings. The second-order valence-electron chi connectivity index (χ2n) is 7.46. The molecule has 0 saturated heterocycles. The van der Waals surface area contributed by atoms with E-state index in [0.29, 0.717) is 24.6 Å². The van der Waals surface area contributed by atoms with Gasteiger partial charge >= 0.3 is 0 Å². The predicted octanol–water partition coefficient (Wildman–Crippen LogP) is 2.81. The SMILES string of the molecule is CCCNC(=O)c1nc(C(=O)NCCc2c[nH]c3ccccc23)n2c1CCCC2. The minimum absolute atomic E-state index is 0.185. The van der Waals surface area contributed by atoms with Gasteiger partial charge in [-0.3, -0.25) is 9.59 Å². The lowest BCUT2D eigenvalue weighted by atomic mass is 10.1. The first-order valence-corrected chi connectivity index (χ1v) is 10.4. The molecular weight excluding hydrogens is 366 g/mol. The minimum atomic E-state index is -0.220. The van der Waals surface area contributed by atoms with Gasteiger partial charge in [0.25, 0.3) is 11.8 Å². The van der Waals surface area contributed by atoms with Crippen LogP contribution in [0.4, 0.5) is 0 Å². The molecule has 0 radical (unpaired) electrons. The quantitative estimate of drug-likeness (QED) is 0.576. The molecule has 0 saturated carbocycles. The highest BCUT2D eigenvalue weighted by Crippen LogP contribution is 2.21. The Kier molecular flexibility index (Phi) is 5.64. The van der Waals surface area contributed by atoms with E-state index in [-0.39, 0.29) is 11.8 Å². The molecule has 1 aliphatic rings. The summed E-state index contributed by atoms with van der Waals surface area (Å²) in [6.07, 6.45) is 6.38. The number of fused-ring (bicyclic) bond motifs is 2. The number of rotatable bonds is 7. The molecule has 0 atom stereocenters. The summed E-state index contributed by atoms with van der Waals surface area (Å²) in [4.78, 5) is 33.0. The monoisotopic (exact) mass is 393 g/mol. The van der Waals surface area contributed by atoms with Gasteiger partial charge < -0.3 is 20.2 Å². The van der Waals surface area contributed by atoms with Crippen LogP contribution in [0.5, 0.6) is 0 Å². The zero-order valence-corrected chi connectivity index (χ0v) is 16.8. The van der Waals surface area contributed by atoms with Crippen molar-refractivity contribution in [1.82, 2.24) is 25.2 Å². The molecule has 7 nitrogen and oxygen atoms in total. The van der Waals surface area contributed by atoms with Crippen LogP contribution in [0.15, 0.2) is 30.5 Å². The summed E-state index contributed by atoms with van der Waals surface area (Å²) < 4.78 is 1.92. The zero-order valence-electron chi connectivity index (χ0n) is 16.8. The summed E-state index contributed by atoms with van der Waals surface area (Å²) in [6, 6.07) is 8.13. The van der Waals surface area contributed by atoms with Gasteiger partial charge in [-0.1, -0.05) is 25.1 Å². The van der Waals surface area contributed by atoms with E-state index in [1.54, 1.807) is 0 Å². The van der Waals surface area contributed by atoms with Crippen molar-refractivity contribution in [2.45, 2.75) is 45.6 Å². The van der Waals surface area contributed by atoms with E-state index in [4.69, 9.17) is 0 Å². The van der Waals surface area contributed by atoms with Crippen molar-refractivity contribution in [2.24, 2.45) is 0 Å². The normalized spacial score (nSPS) is 13.3. The Morgan fingerprint density at radius 3 is 2.83 bits per heavy atom. The number of aromatic nitrogens is 3. The summed E-state index contributed by atoms with van der Waals surface area (Å²) in [5, 5.41) is 7.04. The van der Waals surface area contributed by atoms with Crippen molar-refractivity contribution >= 4 is 22.7 Å². The van der Waals surface area contributed by atoms with Crippen LogP contribution in [-0.4, -0.2) is 39.4 Å². The maximum absolute atomic E-state index is 12.8. The lowest BCUT2D eigenvalue weighted by Crippen LogP contribution is -2.29. The minimum Gasteiger partial charge on any atom is -0.361 e. The van der Waals surface area contributed by atoms with Crippen LogP contribution in [0, 0.1) is 0 Å². The Bertz CT molecular complexity index is 1030. The number of benzene rings is 1. The fourth-order valence-electron chi connectivity index (χ4n) is 3.95. The van der Waals surface area contributed by atoms with E-state index in [2.05, 4.69) is 26.7 Å². The van der Waals surface area contributed by atoms with Crippen LogP contribution in [0.1, 0.15) is 58.6 Å². The van der Waals surface area contributed by atoms with Crippen LogP contribution >= 0.6 is 0 Å². The predicted molar refractivity (Wildman–Crippen MR) is 112 cm³/mol. The van der Waals surface area contributed by atoms with Gasteiger partial charge in [0.1, 0.15) is 5.69 Å². The Balaban J connectivity index is 1.46. The molecule has 7 heteroatoms. The number of hydrogen-bond donors (Lipinski definition) is 3. The van der Waals surface area contributed by atoms with Gasteiger partial charge in [0.05, 0.1) is 5.69 Å². The highest BCUT2D eigenvalue weighted by atomic mass is 16.2. The number of aromatic amines is 1. The van der Waals surface area contributed by atoms with Crippen LogP contribution in [0.25, 0.3) is 10.9 Å². The van der Waals surface area contributed by atoms with Crippen LogP contribution in [0.3, 0.4) is 0 Å². The first-order chi connectivity index (χ1) is 14.2. The fraction of sp³-hybridized carbons (Fsp3) is 0.409. The molecule has 1 aliphatic heterocycles. The highest BCUT2D eigenvalue weighted by Gasteiger charge is 2.27. The zero-order chi connectivity index (χ0) is 20.2. The second kappa shape index (κ2) is 8.51. The highest BCUT2D eigenvalue weighted by molar-refractivity contribution is 5.97. The van der Waals surface area contributed by atoms with Gasteiger partial charge in [-0.15, -0.1) is 0 Å². The first-order valence-electron chi connectivity index (χ1n) is 10.4. The van der Waals surface area contributed by atoms with Crippen LogP contribution in [0.2, 0.25) is 0 Å². The van der Waals surface area contributed by atoms with Gasteiger partial charge in [-0.25, -0.2) is 4.98 Å². The topological polar surface area (TPSA) is 91.8 Å². The smallest absolute Gasteiger partial charge is 0.287 e. The van der Waals surface area contributed by atoms with E-state index >= 15 is 0 Å². The van der Waals surface area contributed by atoms with Gasteiger partial charge in [0.15, 0.2) is 5.82 Å². The molecule has 0 unspecified atom stereocenters. The first kappa shape index (κ1) is 19.2. The standard InChI is InChI=1S/C22H27N5O2/c1-2-11-23-21(28)19-18-9-5-6-13-27(18)20(26-19)22(29)24-12-10-15-14-25-17-8-4-3-7-16(15)17/h3-4,7-8,14,25H,2,5-6,9-13H2,1H3,(H,23,28)(H,24,29). The summed E-state index contributed by atoms with van der Waals surface area (Å²) >= 11 is 0. The van der Waals surface area contributed by atoms with Crippen molar-refractivity contribution in [1.29, 1.82) is 0 Å². The maximum atomic E-state index is 12.8. The molecule has 1 aromatic carbocycles. The van der Waals surface area contributed by atoms with Crippen molar-refractivity contribution in [3.8, 4) is 0 Å². The number of H-pyrrole nitrogens is 1. The average Bonchev–Trinajstić information content (AvgIpc) is 3.34. The van der Waals surface area contributed by atoms with Gasteiger partial charge in [-0.05, 0) is 43.7 Å². The number of hydrogen-bond acceptors (Lipinski definition) is 3. The largest absolute Gasteiger partial charge is 0.361 e. The molecule has 4 rings (SSSR count). The molecule has 152 valence electrons. The van der Waals surface area contributed by atoms with E-state index < -0.39 is 0 Å². The van der Waals surface area contributed by atoms with Crippen molar-refractivity contribution in [3.05, 3.63) is 53.2 Å². The van der Waals surface area contributed by atoms with Crippen LogP contribution in [-0.2, 0) is 19.4 Å². The summed E-state index contributed by atoms with van der Waals surface area (Å²) in [5.74, 6) is -0.0573. The average molecular weight is 393 g/mol. The van der Waals surface area contributed by atoms with Crippen molar-refractivity contribution < 1.29 is 9.59 Å². The molecule has 0 fully saturated rings. The molecular formula is C22H27N5O2. The molecule has 3 heterocycles. The van der Waals surface area contributed by atoms with Crippen molar-refractivity contribution in [2.75, 3.05) is 13.1 Å². The molecule has 0 spiro atoms. The number of imidazole rings is 1. The molecule has 0 aliphatic carbocycles. The van der Waals surface area contributed by atoms with Crippen LogP contribution < -0.4 is 10.6 Å². The third kappa shape index (κ3) is 3.90. The van der Waals surface area contributed by atoms with E-state index in [1.807, 2.05) is 35.9 Å². The second-order valence-corrected chi connectivity index (χ2v) is 7.46. The molecule has 29 heavy (non-hydrogen) atoms. The van der Waals surface area contributed by atoms with Gasteiger partial charge in [0.2, 0.25) is 0 Å². The molecule has 3 N–H and O–H groups in total. The van der Waals surface area contributed by atoms with E-state index in [0.717, 1.165) is 49.9 Å². The number of amides is 2. The third-order valence-electron chi connectivity index (χ3n) is 5.43. The third-order valence-corrected chi connectivity index (χ3v) is 5.43. The lowest BCUT2D eigenvalue weighted by molar-refractivity contribution is 0.0938. The Morgan fingerprint density at radius 2 is 1.97 bits per heavy atom. The van der Waals surface area contributed by atoms with Gasteiger partial charge in [-0.2, -0.15) is 0 Å². The maximum Gasteiger partial charge on any atom is 0.287 e. The number of para-hydroxylation sites is 1. The Hall–Kier alpha value is -3.09. The Labute approximate surface area is 169 Å². The fourth-order valence-corrected chi connectivity index (χ4v) is 3.95. The van der Waals surface area contributed by atoms with E-state index in [9.17, 15) is 9.59 Å². The number of carbonyl (C=O) groups excluding carboxylic acids is 2. The molecule has 0 bridgehead atoms. The number of nitrogens with one attached hydrogen (secondary N) is 3. The van der Waals surface area contributed by atoms with Gasteiger partial charge in [0, 0.05) is 36.7 Å². The lowest BCUT2D eigenvalue weighted by Gasteiger charge is -2.17.